The maximum absolute atomic E-state index is 12.4. The Morgan fingerprint density at radius 1 is 1.19 bits per heavy atom. The van der Waals surface area contributed by atoms with Crippen LogP contribution in [-0.2, 0) is 19.1 Å². The minimum Gasteiger partial charge on any atom is -0.481 e. The van der Waals surface area contributed by atoms with Crippen molar-refractivity contribution in [3.63, 3.8) is 0 Å². The van der Waals surface area contributed by atoms with Crippen LogP contribution < -0.4 is 0 Å². The van der Waals surface area contributed by atoms with E-state index in [1.807, 2.05) is 26.8 Å². The van der Waals surface area contributed by atoms with Crippen LogP contribution in [0.5, 0.6) is 0 Å². The highest BCUT2D eigenvalue weighted by Crippen LogP contribution is 2.66. The zero-order valence-electron chi connectivity index (χ0n) is 20.0. The molecule has 1 spiro atoms. The van der Waals surface area contributed by atoms with E-state index in [1.54, 1.807) is 0 Å². The van der Waals surface area contributed by atoms with E-state index in [-0.39, 0.29) is 41.7 Å². The molecule has 0 aromatic heterocycles. The quantitative estimate of drug-likeness (QED) is 0.471. The number of carboxylic acid groups (broad SMARTS) is 1. The topological polar surface area (TPSA) is 93.1 Å². The SMILES string of the molecule is CC[C@@H](C)C(=O)OCC1=C[C@H](O)[C@H]2C(C)(C)CCC[C@]2(C)[C@@]12CC[C@](C)(CC(=O)O)O2. The van der Waals surface area contributed by atoms with Gasteiger partial charge in [0.2, 0.25) is 0 Å². The molecule has 0 aromatic rings. The predicted octanol–water partition coefficient (Wildman–Crippen LogP) is 4.49. The van der Waals surface area contributed by atoms with E-state index in [9.17, 15) is 19.8 Å². The second kappa shape index (κ2) is 8.18. The van der Waals surface area contributed by atoms with E-state index in [0.29, 0.717) is 19.3 Å². The van der Waals surface area contributed by atoms with Crippen molar-refractivity contribution in [2.75, 3.05) is 6.61 Å². The van der Waals surface area contributed by atoms with Gasteiger partial charge in [-0.05, 0) is 50.0 Å². The van der Waals surface area contributed by atoms with Crippen molar-refractivity contribution < 1.29 is 29.3 Å². The molecule has 2 fully saturated rings. The number of esters is 1. The number of carbonyl (C=O) groups is 2. The fraction of sp³-hybridized carbons (Fsp3) is 0.840. The molecule has 6 nitrogen and oxygen atoms in total. The second-order valence-corrected chi connectivity index (χ2v) is 11.3. The Hall–Kier alpha value is -1.40. The lowest BCUT2D eigenvalue weighted by Crippen LogP contribution is -2.64. The fourth-order valence-electron chi connectivity index (χ4n) is 6.84. The van der Waals surface area contributed by atoms with Gasteiger partial charge < -0.3 is 19.7 Å². The van der Waals surface area contributed by atoms with Crippen LogP contribution >= 0.6 is 0 Å². The summed E-state index contributed by atoms with van der Waals surface area (Å²) in [4.78, 5) is 24.0. The zero-order chi connectivity index (χ0) is 23.2. The van der Waals surface area contributed by atoms with E-state index >= 15 is 0 Å². The molecule has 1 saturated heterocycles. The number of carbonyl (C=O) groups excluding carboxylic acids is 1. The van der Waals surface area contributed by atoms with Crippen LogP contribution in [0, 0.1) is 22.7 Å². The van der Waals surface area contributed by atoms with Gasteiger partial charge in [0.1, 0.15) is 6.61 Å². The average molecular weight is 437 g/mol. The van der Waals surface area contributed by atoms with Crippen molar-refractivity contribution in [3.8, 4) is 0 Å². The Morgan fingerprint density at radius 2 is 1.87 bits per heavy atom. The highest BCUT2D eigenvalue weighted by molar-refractivity contribution is 5.72. The highest BCUT2D eigenvalue weighted by Gasteiger charge is 2.67. The Bertz CT molecular complexity index is 757. The van der Waals surface area contributed by atoms with E-state index in [0.717, 1.165) is 24.8 Å². The van der Waals surface area contributed by atoms with Gasteiger partial charge in [0, 0.05) is 11.3 Å². The first-order valence-electron chi connectivity index (χ1n) is 11.8. The minimum absolute atomic E-state index is 0.0186. The van der Waals surface area contributed by atoms with Gasteiger partial charge in [0.05, 0.1) is 29.6 Å². The van der Waals surface area contributed by atoms with E-state index in [1.165, 1.54) is 0 Å². The minimum atomic E-state index is -0.880. The number of aliphatic carboxylic acids is 1. The Balaban J connectivity index is 2.04. The molecule has 0 radical (unpaired) electrons. The summed E-state index contributed by atoms with van der Waals surface area (Å²) < 4.78 is 12.5. The molecule has 1 saturated carbocycles. The van der Waals surface area contributed by atoms with Crippen molar-refractivity contribution >= 4 is 11.9 Å². The van der Waals surface area contributed by atoms with Gasteiger partial charge in [-0.3, -0.25) is 9.59 Å². The third kappa shape index (κ3) is 4.06. The molecular formula is C25H40O6. The first kappa shape index (κ1) is 24.2. The first-order chi connectivity index (χ1) is 14.3. The molecule has 3 rings (SSSR count). The zero-order valence-corrected chi connectivity index (χ0v) is 20.0. The summed E-state index contributed by atoms with van der Waals surface area (Å²) in [5, 5.41) is 20.7. The lowest BCUT2D eigenvalue weighted by atomic mass is 9.46. The fourth-order valence-corrected chi connectivity index (χ4v) is 6.84. The monoisotopic (exact) mass is 436 g/mol. The molecule has 0 unspecified atom stereocenters. The van der Waals surface area contributed by atoms with Crippen molar-refractivity contribution in [1.82, 2.24) is 0 Å². The van der Waals surface area contributed by atoms with Crippen LogP contribution in [0.15, 0.2) is 11.6 Å². The summed E-state index contributed by atoms with van der Waals surface area (Å²) in [5.41, 5.74) is -1.19. The number of fused-ring (bicyclic) bond motifs is 2. The molecule has 176 valence electrons. The predicted molar refractivity (Wildman–Crippen MR) is 117 cm³/mol. The average Bonchev–Trinajstić information content (AvgIpc) is 3.00. The van der Waals surface area contributed by atoms with Gasteiger partial charge in [0.15, 0.2) is 0 Å². The maximum atomic E-state index is 12.4. The molecule has 1 heterocycles. The van der Waals surface area contributed by atoms with Crippen LogP contribution in [-0.4, -0.2) is 46.1 Å². The Labute approximate surface area is 186 Å². The number of rotatable bonds is 6. The lowest BCUT2D eigenvalue weighted by Gasteiger charge is -2.62. The summed E-state index contributed by atoms with van der Waals surface area (Å²) in [5.74, 6) is -1.34. The van der Waals surface area contributed by atoms with Gasteiger partial charge in [0.25, 0.3) is 0 Å². The molecule has 2 N–H and O–H groups in total. The molecule has 1 aliphatic heterocycles. The third-order valence-electron chi connectivity index (χ3n) is 8.54. The van der Waals surface area contributed by atoms with Crippen LogP contribution in [0.1, 0.15) is 86.5 Å². The van der Waals surface area contributed by atoms with E-state index < -0.39 is 23.3 Å². The van der Waals surface area contributed by atoms with E-state index in [4.69, 9.17) is 9.47 Å². The normalized spacial score (nSPS) is 40.2. The standard InChI is InChI=1S/C25H40O6/c1-7-16(2)21(29)30-15-17-13-18(26)20-22(3,4)9-8-10-24(20,6)25(17)12-11-23(5,31-25)14-19(27)28/h13,16,18,20,26H,7-12,14-15H2,1-6H3,(H,27,28)/t16-,18+,20+,23-,24+,25-/m1/s1. The van der Waals surface area contributed by atoms with Gasteiger partial charge in [-0.2, -0.15) is 0 Å². The molecule has 3 aliphatic rings. The summed E-state index contributed by atoms with van der Waals surface area (Å²) >= 11 is 0. The molecule has 6 heteroatoms. The molecule has 6 atom stereocenters. The summed E-state index contributed by atoms with van der Waals surface area (Å²) in [6.45, 7) is 12.3. The number of ether oxygens (including phenoxy) is 2. The summed E-state index contributed by atoms with van der Waals surface area (Å²) in [7, 11) is 0. The number of hydrogen-bond donors (Lipinski definition) is 2. The van der Waals surface area contributed by atoms with Crippen LogP contribution in [0.3, 0.4) is 0 Å². The van der Waals surface area contributed by atoms with Crippen molar-refractivity contribution in [3.05, 3.63) is 11.6 Å². The van der Waals surface area contributed by atoms with Crippen LogP contribution in [0.4, 0.5) is 0 Å². The Morgan fingerprint density at radius 3 is 2.48 bits per heavy atom. The van der Waals surface area contributed by atoms with Crippen LogP contribution in [0.2, 0.25) is 0 Å². The molecule has 0 amide bonds. The molecular weight excluding hydrogens is 396 g/mol. The van der Waals surface area contributed by atoms with Gasteiger partial charge in [-0.1, -0.05) is 47.1 Å². The molecule has 0 aromatic carbocycles. The smallest absolute Gasteiger partial charge is 0.308 e. The van der Waals surface area contributed by atoms with Gasteiger partial charge >= 0.3 is 11.9 Å². The van der Waals surface area contributed by atoms with E-state index in [2.05, 4.69) is 20.8 Å². The highest BCUT2D eigenvalue weighted by atomic mass is 16.5. The second-order valence-electron chi connectivity index (χ2n) is 11.3. The number of aliphatic hydroxyl groups is 1. The largest absolute Gasteiger partial charge is 0.481 e. The summed E-state index contributed by atoms with van der Waals surface area (Å²) in [6.07, 6.45) is 6.04. The molecule has 31 heavy (non-hydrogen) atoms. The van der Waals surface area contributed by atoms with Crippen molar-refractivity contribution in [2.24, 2.45) is 22.7 Å². The maximum Gasteiger partial charge on any atom is 0.308 e. The van der Waals surface area contributed by atoms with Crippen molar-refractivity contribution in [2.45, 2.75) is 104 Å². The number of aliphatic hydroxyl groups excluding tert-OH is 1. The Kier molecular flexibility index (Phi) is 6.40. The molecule has 2 aliphatic carbocycles. The number of hydrogen-bond acceptors (Lipinski definition) is 5. The number of carboxylic acids is 1. The van der Waals surface area contributed by atoms with Gasteiger partial charge in [-0.25, -0.2) is 0 Å². The molecule has 0 bridgehead atoms. The van der Waals surface area contributed by atoms with Gasteiger partial charge in [-0.15, -0.1) is 0 Å². The lowest BCUT2D eigenvalue weighted by molar-refractivity contribution is -0.212. The third-order valence-corrected chi connectivity index (χ3v) is 8.54. The van der Waals surface area contributed by atoms with Crippen molar-refractivity contribution in [1.29, 1.82) is 0 Å². The summed E-state index contributed by atoms with van der Waals surface area (Å²) in [6, 6.07) is 0. The first-order valence-corrected chi connectivity index (χ1v) is 11.8. The van der Waals surface area contributed by atoms with Crippen LogP contribution in [0.25, 0.3) is 0 Å².